The van der Waals surface area contributed by atoms with E-state index in [0.29, 0.717) is 0 Å². The van der Waals surface area contributed by atoms with Crippen molar-refractivity contribution in [2.45, 2.75) is 0 Å². The van der Waals surface area contributed by atoms with Crippen LogP contribution in [0.2, 0.25) is 0 Å². The third kappa shape index (κ3) is 9900. The molecule has 0 aromatic carbocycles. The fourth-order valence-electron chi connectivity index (χ4n) is 0. The van der Waals surface area contributed by atoms with Crippen molar-refractivity contribution in [3.63, 3.8) is 0 Å². The summed E-state index contributed by atoms with van der Waals surface area (Å²) in [4.78, 5) is 1.50. The van der Waals surface area contributed by atoms with Gasteiger partial charge in [-0.1, -0.05) is 0 Å². The minimum atomic E-state index is -2.86. The summed E-state index contributed by atoms with van der Waals surface area (Å²) in [6, 6.07) is 0. The van der Waals surface area contributed by atoms with E-state index >= 15 is 0 Å². The standard InChI is InChI=1S/Co.N3.4H2N.H2O3S/c;1-3-2;;;;;1-4(2)3/h;;4*1H2;(H2,1,2,3)/q+3;5*-1;/p-1. The summed E-state index contributed by atoms with van der Waals surface area (Å²) in [5.41, 5.74) is 13.5. The molecule has 0 heterocycles. The van der Waals surface area contributed by atoms with Crippen LogP contribution in [0.5, 0.6) is 0 Å². The van der Waals surface area contributed by atoms with E-state index in [2.05, 4.69) is 0 Å². The third-order valence-electron chi connectivity index (χ3n) is 0. The van der Waals surface area contributed by atoms with Gasteiger partial charge in [0.2, 0.25) is 0 Å². The van der Waals surface area contributed by atoms with Crippen LogP contribution in [-0.2, 0) is 28.1 Å². The Balaban J connectivity index is -0.00000000597. The Labute approximate surface area is 82.5 Å². The quantitative estimate of drug-likeness (QED) is 0.292. The van der Waals surface area contributed by atoms with E-state index < -0.39 is 11.4 Å². The van der Waals surface area contributed by atoms with Gasteiger partial charge in [0.15, 0.2) is 0 Å². The molecule has 0 aromatic heterocycles. The second kappa shape index (κ2) is 73.1. The molecule has 1 unspecified atom stereocenters. The van der Waals surface area contributed by atoms with Gasteiger partial charge < -0.3 is 44.8 Å². The first kappa shape index (κ1) is 60.4. The molecular weight excluding hydrogens is 237 g/mol. The fourth-order valence-corrected chi connectivity index (χ4v) is 0. The maximum atomic E-state index is 8.56. The average molecular weight is 246 g/mol. The van der Waals surface area contributed by atoms with E-state index in [1.165, 1.54) is 4.91 Å². The molecule has 0 radical (unpaired) electrons. The minimum Gasteiger partial charge on any atom is -0.750 e. The van der Waals surface area contributed by atoms with Crippen molar-refractivity contribution < 1.29 is 30.1 Å². The summed E-state index contributed by atoms with van der Waals surface area (Å²) in [7, 11) is 0. The van der Waals surface area contributed by atoms with E-state index in [-0.39, 0.29) is 41.4 Å². The predicted octanol–water partition coefficient (Wildman–Crippen LogP) is 3.07. The summed E-state index contributed by atoms with van der Waals surface area (Å²) in [6.45, 7) is 0. The zero-order valence-corrected chi connectivity index (χ0v) is 7.51. The first-order valence-electron chi connectivity index (χ1n) is 0.916. The molecule has 10 nitrogen and oxygen atoms in total. The van der Waals surface area contributed by atoms with Crippen molar-refractivity contribution in [1.29, 1.82) is 0 Å². The van der Waals surface area contributed by atoms with Crippen LogP contribution in [0.4, 0.5) is 0 Å². The van der Waals surface area contributed by atoms with E-state index in [4.69, 9.17) is 24.4 Å². The summed E-state index contributed by atoms with van der Waals surface area (Å²) in [5.74, 6) is 0. The molecule has 0 amide bonds. The maximum absolute atomic E-state index is 8.56. The van der Waals surface area contributed by atoms with Crippen LogP contribution in [0.3, 0.4) is 0 Å². The van der Waals surface area contributed by atoms with Crippen molar-refractivity contribution >= 4 is 11.4 Å². The van der Waals surface area contributed by atoms with Crippen molar-refractivity contribution in [3.05, 3.63) is 40.6 Å². The van der Waals surface area contributed by atoms with Crippen molar-refractivity contribution in [2.24, 2.45) is 0 Å². The second-order valence-electron chi connectivity index (χ2n) is 0.307. The molecule has 0 bridgehead atoms. The van der Waals surface area contributed by atoms with E-state index in [1.807, 2.05) is 0 Å². The molecule has 0 aliphatic carbocycles. The van der Waals surface area contributed by atoms with Crippen LogP contribution in [0.25, 0.3) is 40.6 Å². The smallest absolute Gasteiger partial charge is 0.750 e. The monoisotopic (exact) mass is 246 g/mol. The van der Waals surface area contributed by atoms with Gasteiger partial charge in [0, 0.05) is 0 Å². The van der Waals surface area contributed by atoms with Crippen LogP contribution in [0.15, 0.2) is 0 Å². The Morgan fingerprint density at radius 3 is 1.17 bits per heavy atom. The molecule has 0 aromatic rings. The molecule has 12 heavy (non-hydrogen) atoms. The summed E-state index contributed by atoms with van der Waals surface area (Å²) in [5, 5.41) is 0. The van der Waals surface area contributed by atoms with Crippen LogP contribution in [0, 0.1) is 0 Å². The van der Waals surface area contributed by atoms with Gasteiger partial charge in [0.1, 0.15) is 0 Å². The number of hydrogen-bond donors (Lipinski definition) is 1. The normalized spacial score (nSPS) is 5.83. The molecule has 0 saturated carbocycles. The third-order valence-corrected chi connectivity index (χ3v) is 0. The van der Waals surface area contributed by atoms with Crippen LogP contribution >= 0.6 is 0 Å². The van der Waals surface area contributed by atoms with Crippen molar-refractivity contribution in [3.8, 4) is 0 Å². The molecule has 1 atom stereocenters. The molecule has 0 rings (SSSR count). The topological polar surface area (TPSA) is 253 Å². The molecule has 12 heteroatoms. The van der Waals surface area contributed by atoms with E-state index in [1.54, 1.807) is 0 Å². The number of nitrogens with zero attached hydrogens (tertiary/aromatic N) is 3. The number of nitrogens with two attached hydrogens (primary N) is 4. The first-order chi connectivity index (χ1) is 3.15. The molecule has 0 spiro atoms. The van der Waals surface area contributed by atoms with Gasteiger partial charge >= 0.3 is 16.8 Å². The van der Waals surface area contributed by atoms with Gasteiger partial charge in [-0.2, -0.15) is 0 Å². The SMILES string of the molecule is O=S([O-])O.[Co+3].[N-]=[N+]=[N-].[NH2-].[NH2-].[NH2-].[NH2-]. The Bertz CT molecular complexity index is 86.7. The van der Waals surface area contributed by atoms with Crippen molar-refractivity contribution in [2.75, 3.05) is 0 Å². The molecule has 9 N–H and O–H groups in total. The molecule has 0 aliphatic heterocycles. The summed E-state index contributed by atoms with van der Waals surface area (Å²) in [6.07, 6.45) is 0. The second-order valence-corrected chi connectivity index (χ2v) is 0.741. The molecule has 0 saturated heterocycles. The molecular formula is H9CoN7O3S-3. The van der Waals surface area contributed by atoms with Gasteiger partial charge in [0.05, 0.1) is 11.4 Å². The number of hydrogen-bond acceptors (Lipinski definition) is 2. The van der Waals surface area contributed by atoms with Gasteiger partial charge in [-0.3, -0.25) is 4.91 Å². The Hall–Kier alpha value is -0.274. The summed E-state index contributed by atoms with van der Waals surface area (Å²) >= 11 is -2.86. The largest absolute Gasteiger partial charge is 3.00 e. The Kier molecular flexibility index (Phi) is 368. The fraction of sp³-hybridized carbons (Fsp3) is 0. The van der Waals surface area contributed by atoms with Crippen LogP contribution < -0.4 is 0 Å². The van der Waals surface area contributed by atoms with Crippen molar-refractivity contribution in [1.82, 2.24) is 0 Å². The van der Waals surface area contributed by atoms with E-state index in [9.17, 15) is 0 Å². The van der Waals surface area contributed by atoms with Crippen LogP contribution in [0.1, 0.15) is 0 Å². The minimum absolute atomic E-state index is 0. The molecule has 0 aliphatic rings. The van der Waals surface area contributed by atoms with Gasteiger partial charge in [-0.05, 0) is 0 Å². The van der Waals surface area contributed by atoms with Gasteiger partial charge in [-0.15, -0.1) is 0 Å². The molecule has 80 valence electrons. The Morgan fingerprint density at radius 2 is 1.17 bits per heavy atom. The van der Waals surface area contributed by atoms with Gasteiger partial charge in [-0.25, -0.2) is 4.21 Å². The zero-order chi connectivity index (χ0) is 6.28. The first-order valence-corrected chi connectivity index (χ1v) is 1.95. The van der Waals surface area contributed by atoms with E-state index in [0.717, 1.165) is 0 Å². The average Bonchev–Trinajstić information content (AvgIpc) is 1.33. The Morgan fingerprint density at radius 1 is 1.17 bits per heavy atom. The summed E-state index contributed by atoms with van der Waals surface area (Å²) < 4.78 is 24.1. The molecule has 0 fully saturated rings. The van der Waals surface area contributed by atoms with Crippen LogP contribution in [-0.4, -0.2) is 13.3 Å². The number of rotatable bonds is 0. The maximum Gasteiger partial charge on any atom is 3.00 e. The predicted molar refractivity (Wildman–Crippen MR) is 42.8 cm³/mol. The zero-order valence-electron chi connectivity index (χ0n) is 5.66. The van der Waals surface area contributed by atoms with Gasteiger partial charge in [0.25, 0.3) is 0 Å².